The van der Waals surface area contributed by atoms with Crippen molar-refractivity contribution in [3.05, 3.63) is 54.1 Å². The number of halogens is 3. The summed E-state index contributed by atoms with van der Waals surface area (Å²) in [5, 5.41) is 13.5. The van der Waals surface area contributed by atoms with Crippen LogP contribution in [-0.4, -0.2) is 41.0 Å². The van der Waals surface area contributed by atoms with Gasteiger partial charge in [0, 0.05) is 35.5 Å². The molecule has 1 aliphatic rings. The van der Waals surface area contributed by atoms with Crippen molar-refractivity contribution in [2.75, 3.05) is 18.0 Å². The number of anilines is 1. The van der Waals surface area contributed by atoms with Crippen LogP contribution in [0.1, 0.15) is 39.2 Å². The minimum Gasteiger partial charge on any atom is -0.444 e. The van der Waals surface area contributed by atoms with Crippen LogP contribution in [0.15, 0.2) is 48.5 Å². The van der Waals surface area contributed by atoms with Gasteiger partial charge in [-0.2, -0.15) is 13.2 Å². The van der Waals surface area contributed by atoms with Crippen molar-refractivity contribution >= 4 is 22.7 Å². The minimum atomic E-state index is -4.39. The van der Waals surface area contributed by atoms with E-state index in [-0.39, 0.29) is 6.04 Å². The fourth-order valence-corrected chi connectivity index (χ4v) is 4.06. The van der Waals surface area contributed by atoms with Gasteiger partial charge in [-0.1, -0.05) is 36.4 Å². The van der Waals surface area contributed by atoms with Crippen LogP contribution in [0.25, 0.3) is 22.0 Å². The zero-order valence-corrected chi connectivity index (χ0v) is 19.3. The largest absolute Gasteiger partial charge is 0.444 e. The van der Waals surface area contributed by atoms with Crippen LogP contribution in [0.2, 0.25) is 0 Å². The number of rotatable bonds is 3. The number of piperidine rings is 1. The number of nitrogens with zero attached hydrogens (tertiary/aromatic N) is 3. The standard InChI is InChI=1S/C25H27F3N4O2/c1-24(2,3)34-23(33)29-18-12-14-32(15-13-18)22-20-7-5-4-6-19(20)21(30-31-22)16-8-10-17(11-9-16)25(26,27)28/h4-11,18H,12-15H2,1-3H3,(H,29,33). The Balaban J connectivity index is 1.53. The summed E-state index contributed by atoms with van der Waals surface area (Å²) in [4.78, 5) is 14.2. The lowest BCUT2D eigenvalue weighted by Gasteiger charge is -2.34. The molecule has 1 amide bonds. The molecule has 1 aliphatic heterocycles. The maximum Gasteiger partial charge on any atom is 0.416 e. The summed E-state index contributed by atoms with van der Waals surface area (Å²) >= 11 is 0. The molecule has 2 heterocycles. The molecule has 1 saturated heterocycles. The molecule has 2 aromatic carbocycles. The van der Waals surface area contributed by atoms with Crippen LogP contribution in [-0.2, 0) is 10.9 Å². The zero-order chi connectivity index (χ0) is 24.5. The maximum absolute atomic E-state index is 12.9. The number of amides is 1. The first kappa shape index (κ1) is 23.8. The van der Waals surface area contributed by atoms with Gasteiger partial charge in [0.2, 0.25) is 0 Å². The minimum absolute atomic E-state index is 0.0109. The maximum atomic E-state index is 12.9. The fourth-order valence-electron chi connectivity index (χ4n) is 4.06. The van der Waals surface area contributed by atoms with Crippen molar-refractivity contribution in [3.8, 4) is 11.3 Å². The number of hydrogen-bond acceptors (Lipinski definition) is 5. The molecule has 0 radical (unpaired) electrons. The Kier molecular flexibility index (Phi) is 6.38. The lowest BCUT2D eigenvalue weighted by atomic mass is 10.0. The molecule has 1 N–H and O–H groups in total. The quantitative estimate of drug-likeness (QED) is 0.521. The summed E-state index contributed by atoms with van der Waals surface area (Å²) in [5.41, 5.74) is -0.139. The number of nitrogens with one attached hydrogen (secondary N) is 1. The normalized spacial score (nSPS) is 15.4. The Bertz CT molecular complexity index is 1170. The Labute approximate surface area is 196 Å². The van der Waals surface area contributed by atoms with Crippen LogP contribution < -0.4 is 10.2 Å². The third-order valence-corrected chi connectivity index (χ3v) is 5.67. The van der Waals surface area contributed by atoms with Crippen molar-refractivity contribution in [2.24, 2.45) is 0 Å². The van der Waals surface area contributed by atoms with Gasteiger partial charge in [-0.15, -0.1) is 10.2 Å². The number of aromatic nitrogens is 2. The van der Waals surface area contributed by atoms with Crippen LogP contribution in [0, 0.1) is 0 Å². The molecular weight excluding hydrogens is 445 g/mol. The highest BCUT2D eigenvalue weighted by Gasteiger charge is 2.30. The van der Waals surface area contributed by atoms with Crippen molar-refractivity contribution < 1.29 is 22.7 Å². The summed E-state index contributed by atoms with van der Waals surface area (Å²) < 4.78 is 44.2. The van der Waals surface area contributed by atoms with E-state index in [1.165, 1.54) is 12.1 Å². The molecule has 9 heteroatoms. The lowest BCUT2D eigenvalue weighted by molar-refractivity contribution is -0.137. The molecule has 1 fully saturated rings. The molecule has 0 unspecified atom stereocenters. The topological polar surface area (TPSA) is 67.3 Å². The van der Waals surface area contributed by atoms with E-state index >= 15 is 0 Å². The number of carbonyl (C=O) groups excluding carboxylic acids is 1. The smallest absolute Gasteiger partial charge is 0.416 e. The second-order valence-electron chi connectivity index (χ2n) is 9.40. The van der Waals surface area contributed by atoms with E-state index in [0.29, 0.717) is 24.3 Å². The molecule has 0 bridgehead atoms. The highest BCUT2D eigenvalue weighted by atomic mass is 19.4. The van der Waals surface area contributed by atoms with Crippen molar-refractivity contribution in [2.45, 2.75) is 51.4 Å². The van der Waals surface area contributed by atoms with Gasteiger partial charge < -0.3 is 15.0 Å². The highest BCUT2D eigenvalue weighted by Crippen LogP contribution is 2.34. The first-order valence-corrected chi connectivity index (χ1v) is 11.2. The number of hydrogen-bond donors (Lipinski definition) is 1. The van der Waals surface area contributed by atoms with Gasteiger partial charge in [0.25, 0.3) is 0 Å². The van der Waals surface area contributed by atoms with E-state index in [9.17, 15) is 18.0 Å². The molecule has 6 nitrogen and oxygen atoms in total. The molecule has 0 aliphatic carbocycles. The molecule has 1 aromatic heterocycles. The molecule has 0 spiro atoms. The Morgan fingerprint density at radius 2 is 1.59 bits per heavy atom. The highest BCUT2D eigenvalue weighted by molar-refractivity contribution is 6.00. The predicted octanol–water partition coefficient (Wildman–Crippen LogP) is 5.81. The predicted molar refractivity (Wildman–Crippen MR) is 125 cm³/mol. The van der Waals surface area contributed by atoms with E-state index < -0.39 is 23.4 Å². The Morgan fingerprint density at radius 1 is 0.971 bits per heavy atom. The third kappa shape index (κ3) is 5.40. The van der Waals surface area contributed by atoms with Gasteiger partial charge in [-0.3, -0.25) is 0 Å². The summed E-state index contributed by atoms with van der Waals surface area (Å²) in [6, 6.07) is 12.6. The van der Waals surface area contributed by atoms with Gasteiger partial charge in [-0.25, -0.2) is 4.79 Å². The van der Waals surface area contributed by atoms with E-state index in [1.807, 2.05) is 45.0 Å². The first-order chi connectivity index (χ1) is 16.0. The average Bonchev–Trinajstić information content (AvgIpc) is 2.77. The van der Waals surface area contributed by atoms with Crippen molar-refractivity contribution in [1.82, 2.24) is 15.5 Å². The van der Waals surface area contributed by atoms with Crippen LogP contribution in [0.3, 0.4) is 0 Å². The number of benzene rings is 2. The second-order valence-corrected chi connectivity index (χ2v) is 9.40. The average molecular weight is 473 g/mol. The summed E-state index contributed by atoms with van der Waals surface area (Å²) in [6.07, 6.45) is -3.34. The van der Waals surface area contributed by atoms with E-state index in [1.54, 1.807) is 0 Å². The van der Waals surface area contributed by atoms with Crippen molar-refractivity contribution in [1.29, 1.82) is 0 Å². The third-order valence-electron chi connectivity index (χ3n) is 5.67. The van der Waals surface area contributed by atoms with Gasteiger partial charge >= 0.3 is 12.3 Å². The first-order valence-electron chi connectivity index (χ1n) is 11.2. The summed E-state index contributed by atoms with van der Waals surface area (Å²) in [5.74, 6) is 0.724. The molecule has 180 valence electrons. The fraction of sp³-hybridized carbons (Fsp3) is 0.400. The molecule has 34 heavy (non-hydrogen) atoms. The van der Waals surface area contributed by atoms with E-state index in [2.05, 4.69) is 20.4 Å². The lowest BCUT2D eigenvalue weighted by Crippen LogP contribution is -2.46. The number of alkyl carbamates (subject to hydrolysis) is 1. The van der Waals surface area contributed by atoms with E-state index in [4.69, 9.17) is 4.74 Å². The summed E-state index contributed by atoms with van der Waals surface area (Å²) in [7, 11) is 0. The monoisotopic (exact) mass is 472 g/mol. The van der Waals surface area contributed by atoms with E-state index in [0.717, 1.165) is 41.6 Å². The molecule has 0 saturated carbocycles. The number of fused-ring (bicyclic) bond motifs is 1. The van der Waals surface area contributed by atoms with Gasteiger partial charge in [-0.05, 0) is 45.7 Å². The summed E-state index contributed by atoms with van der Waals surface area (Å²) in [6.45, 7) is 6.84. The second kappa shape index (κ2) is 9.12. The molecule has 0 atom stereocenters. The SMILES string of the molecule is CC(C)(C)OC(=O)NC1CCN(c2nnc(-c3ccc(C(F)(F)F)cc3)c3ccccc23)CC1. The zero-order valence-electron chi connectivity index (χ0n) is 19.3. The van der Waals surface area contributed by atoms with Crippen LogP contribution in [0.5, 0.6) is 0 Å². The Hall–Kier alpha value is -3.36. The van der Waals surface area contributed by atoms with Gasteiger partial charge in [0.1, 0.15) is 11.3 Å². The van der Waals surface area contributed by atoms with Gasteiger partial charge in [0.05, 0.1) is 5.56 Å². The molecule has 4 rings (SSSR count). The molecule has 3 aromatic rings. The van der Waals surface area contributed by atoms with Crippen LogP contribution in [0.4, 0.5) is 23.8 Å². The number of alkyl halides is 3. The molecular formula is C25H27F3N4O2. The number of carbonyl (C=O) groups is 1. The van der Waals surface area contributed by atoms with Crippen molar-refractivity contribution in [3.63, 3.8) is 0 Å². The van der Waals surface area contributed by atoms with Gasteiger partial charge in [0.15, 0.2) is 5.82 Å². The number of ether oxygens (including phenoxy) is 1. The van der Waals surface area contributed by atoms with Crippen LogP contribution >= 0.6 is 0 Å². The Morgan fingerprint density at radius 3 is 2.18 bits per heavy atom.